The van der Waals surface area contributed by atoms with Gasteiger partial charge in [-0.05, 0) is 18.4 Å². The summed E-state index contributed by atoms with van der Waals surface area (Å²) in [5.41, 5.74) is 4.97. The predicted molar refractivity (Wildman–Crippen MR) is 38.1 cm³/mol. The first-order valence-corrected chi connectivity index (χ1v) is 3.52. The zero-order valence-electron chi connectivity index (χ0n) is 6.53. The molecule has 0 aromatic carbocycles. The number of nitrogens with two attached hydrogens (primary N) is 1. The van der Waals surface area contributed by atoms with E-state index in [2.05, 4.69) is 0 Å². The Labute approximate surface area is 60.6 Å². The van der Waals surface area contributed by atoms with Gasteiger partial charge in [-0.15, -0.1) is 0 Å². The van der Waals surface area contributed by atoms with E-state index in [0.29, 0.717) is 13.0 Å². The molecule has 0 aliphatic rings. The highest BCUT2D eigenvalue weighted by atomic mass is 19.3. The van der Waals surface area contributed by atoms with Crippen molar-refractivity contribution in [3.63, 3.8) is 0 Å². The zero-order chi connectivity index (χ0) is 8.20. The van der Waals surface area contributed by atoms with Gasteiger partial charge in [0.05, 0.1) is 0 Å². The second-order valence-corrected chi connectivity index (χ2v) is 2.96. The first-order chi connectivity index (χ1) is 4.54. The molecule has 1 unspecified atom stereocenters. The van der Waals surface area contributed by atoms with E-state index in [4.69, 9.17) is 5.73 Å². The van der Waals surface area contributed by atoms with E-state index in [0.717, 1.165) is 0 Å². The van der Waals surface area contributed by atoms with E-state index in [9.17, 15) is 8.78 Å². The molecule has 10 heavy (non-hydrogen) atoms. The Kier molecular flexibility index (Phi) is 3.79. The van der Waals surface area contributed by atoms with Gasteiger partial charge >= 0.3 is 0 Å². The normalized spacial score (nSPS) is 17.4. The molecule has 0 heterocycles. The van der Waals surface area contributed by atoms with Gasteiger partial charge in [-0.1, -0.05) is 13.8 Å². The first kappa shape index (κ1) is 9.82. The van der Waals surface area contributed by atoms with Crippen LogP contribution in [0.3, 0.4) is 0 Å². The Hall–Kier alpha value is -0.180. The Morgan fingerprint density at radius 2 is 2.00 bits per heavy atom. The molecule has 0 bridgehead atoms. The maximum atomic E-state index is 11.8. The summed E-state index contributed by atoms with van der Waals surface area (Å²) in [6.07, 6.45) is -1.60. The van der Waals surface area contributed by atoms with Crippen LogP contribution in [-0.4, -0.2) is 13.0 Å². The van der Waals surface area contributed by atoms with Gasteiger partial charge in [0.25, 0.3) is 0 Å². The summed E-state index contributed by atoms with van der Waals surface area (Å²) in [5.74, 6) is 0. The fourth-order valence-corrected chi connectivity index (χ4v) is 0.745. The van der Waals surface area contributed by atoms with Crippen LogP contribution in [0.1, 0.15) is 26.7 Å². The lowest BCUT2D eigenvalue weighted by molar-refractivity contribution is 0.0811. The maximum absolute atomic E-state index is 11.8. The number of hydrogen-bond donors (Lipinski definition) is 1. The third kappa shape index (κ3) is 3.11. The summed E-state index contributed by atoms with van der Waals surface area (Å²) in [7, 11) is 0. The Morgan fingerprint density at radius 3 is 2.10 bits per heavy atom. The molecule has 0 aromatic rings. The standard InChI is InChI=1S/C7H15F2N/c1-3-7(2,5-10)4-6(8)9/h6H,3-5,10H2,1-2H3. The lowest BCUT2D eigenvalue weighted by Gasteiger charge is -2.25. The highest BCUT2D eigenvalue weighted by molar-refractivity contribution is 4.73. The molecule has 0 amide bonds. The molecule has 2 N–H and O–H groups in total. The Morgan fingerprint density at radius 1 is 1.50 bits per heavy atom. The first-order valence-electron chi connectivity index (χ1n) is 3.52. The summed E-state index contributed by atoms with van der Waals surface area (Å²) in [6.45, 7) is 4.02. The topological polar surface area (TPSA) is 26.0 Å². The molecular weight excluding hydrogens is 136 g/mol. The van der Waals surface area contributed by atoms with E-state index in [1.54, 1.807) is 6.92 Å². The van der Waals surface area contributed by atoms with Crippen LogP contribution < -0.4 is 5.73 Å². The minimum Gasteiger partial charge on any atom is -0.330 e. The number of alkyl halides is 2. The van der Waals surface area contributed by atoms with Crippen molar-refractivity contribution in [1.82, 2.24) is 0 Å². The third-order valence-corrected chi connectivity index (χ3v) is 1.99. The molecule has 0 aromatic heterocycles. The molecule has 0 saturated carbocycles. The minimum atomic E-state index is -2.23. The van der Waals surface area contributed by atoms with Crippen LogP contribution in [0.15, 0.2) is 0 Å². The number of hydrogen-bond acceptors (Lipinski definition) is 1. The molecular formula is C7H15F2N. The van der Waals surface area contributed by atoms with Crippen molar-refractivity contribution in [3.05, 3.63) is 0 Å². The van der Waals surface area contributed by atoms with Crippen LogP contribution in [0.25, 0.3) is 0 Å². The van der Waals surface area contributed by atoms with Gasteiger partial charge in [-0.3, -0.25) is 0 Å². The van der Waals surface area contributed by atoms with Crippen LogP contribution in [-0.2, 0) is 0 Å². The molecule has 0 saturated heterocycles. The van der Waals surface area contributed by atoms with Crippen LogP contribution >= 0.6 is 0 Å². The van der Waals surface area contributed by atoms with Gasteiger partial charge in [0, 0.05) is 6.42 Å². The largest absolute Gasteiger partial charge is 0.330 e. The van der Waals surface area contributed by atoms with Gasteiger partial charge in [0.2, 0.25) is 6.43 Å². The summed E-state index contributed by atoms with van der Waals surface area (Å²) < 4.78 is 23.7. The van der Waals surface area contributed by atoms with Gasteiger partial charge < -0.3 is 5.73 Å². The molecule has 0 aliphatic carbocycles. The summed E-state index contributed by atoms with van der Waals surface area (Å²) in [5, 5.41) is 0. The number of halogens is 2. The van der Waals surface area contributed by atoms with E-state index in [1.165, 1.54) is 0 Å². The fourth-order valence-electron chi connectivity index (χ4n) is 0.745. The van der Waals surface area contributed by atoms with E-state index < -0.39 is 6.43 Å². The quantitative estimate of drug-likeness (QED) is 0.653. The molecule has 0 rings (SSSR count). The van der Waals surface area contributed by atoms with Crippen LogP contribution in [0.5, 0.6) is 0 Å². The molecule has 1 atom stereocenters. The Balaban J connectivity index is 3.80. The smallest absolute Gasteiger partial charge is 0.239 e. The van der Waals surface area contributed by atoms with Crippen molar-refractivity contribution in [3.8, 4) is 0 Å². The van der Waals surface area contributed by atoms with Crippen molar-refractivity contribution in [2.24, 2.45) is 11.1 Å². The van der Waals surface area contributed by atoms with Crippen LogP contribution in [0, 0.1) is 5.41 Å². The SMILES string of the molecule is CCC(C)(CN)CC(F)F. The molecule has 0 fully saturated rings. The third-order valence-electron chi connectivity index (χ3n) is 1.99. The highest BCUT2D eigenvalue weighted by Gasteiger charge is 2.24. The van der Waals surface area contributed by atoms with Crippen molar-refractivity contribution in [1.29, 1.82) is 0 Å². The minimum absolute atomic E-state index is 0.0833. The van der Waals surface area contributed by atoms with Crippen LogP contribution in [0.4, 0.5) is 8.78 Å². The van der Waals surface area contributed by atoms with Gasteiger partial charge in [0.15, 0.2) is 0 Å². The highest BCUT2D eigenvalue weighted by Crippen LogP contribution is 2.27. The van der Waals surface area contributed by atoms with Crippen molar-refractivity contribution >= 4 is 0 Å². The molecule has 0 radical (unpaired) electrons. The average molecular weight is 151 g/mol. The van der Waals surface area contributed by atoms with Gasteiger partial charge in [0.1, 0.15) is 0 Å². The van der Waals surface area contributed by atoms with Gasteiger partial charge in [-0.2, -0.15) is 0 Å². The van der Waals surface area contributed by atoms with Crippen molar-refractivity contribution in [2.45, 2.75) is 33.1 Å². The van der Waals surface area contributed by atoms with E-state index >= 15 is 0 Å². The molecule has 62 valence electrons. The molecule has 0 spiro atoms. The zero-order valence-corrected chi connectivity index (χ0v) is 6.53. The Bertz CT molecular complexity index is 89.6. The number of rotatable bonds is 4. The maximum Gasteiger partial charge on any atom is 0.239 e. The van der Waals surface area contributed by atoms with Gasteiger partial charge in [-0.25, -0.2) is 8.78 Å². The summed E-state index contributed by atoms with van der Waals surface area (Å²) in [4.78, 5) is 0. The van der Waals surface area contributed by atoms with Crippen LogP contribution in [0.2, 0.25) is 0 Å². The molecule has 0 aliphatic heterocycles. The van der Waals surface area contributed by atoms with Crippen molar-refractivity contribution < 1.29 is 8.78 Å². The molecule has 3 heteroatoms. The summed E-state index contributed by atoms with van der Waals surface area (Å²) in [6, 6.07) is 0. The summed E-state index contributed by atoms with van der Waals surface area (Å²) >= 11 is 0. The second-order valence-electron chi connectivity index (χ2n) is 2.96. The van der Waals surface area contributed by atoms with E-state index in [1.807, 2.05) is 6.92 Å². The average Bonchev–Trinajstić information content (AvgIpc) is 1.87. The monoisotopic (exact) mass is 151 g/mol. The molecule has 1 nitrogen and oxygen atoms in total. The second kappa shape index (κ2) is 3.86. The van der Waals surface area contributed by atoms with Crippen molar-refractivity contribution in [2.75, 3.05) is 6.54 Å². The van der Waals surface area contributed by atoms with E-state index in [-0.39, 0.29) is 11.8 Å². The fraction of sp³-hybridized carbons (Fsp3) is 1.00. The lowest BCUT2D eigenvalue weighted by Crippen LogP contribution is -2.28. The lowest BCUT2D eigenvalue weighted by atomic mass is 9.84. The predicted octanol–water partition coefficient (Wildman–Crippen LogP) is 2.02.